The summed E-state index contributed by atoms with van der Waals surface area (Å²) < 4.78 is 25.8. The van der Waals surface area contributed by atoms with Gasteiger partial charge in [-0.15, -0.1) is 0 Å². The molecule has 2 aliphatic heterocycles. The molecule has 1 unspecified atom stereocenters. The second-order valence-corrected chi connectivity index (χ2v) is 17.5. The summed E-state index contributed by atoms with van der Waals surface area (Å²) in [5, 5.41) is 2.47. The van der Waals surface area contributed by atoms with Crippen LogP contribution >= 0.6 is 15.9 Å². The van der Waals surface area contributed by atoms with Gasteiger partial charge in [-0.2, -0.15) is 0 Å². The van der Waals surface area contributed by atoms with Crippen molar-refractivity contribution in [2.24, 2.45) is 0 Å². The van der Waals surface area contributed by atoms with Gasteiger partial charge in [0.25, 0.3) is 8.32 Å². The molecule has 2 aromatic rings. The van der Waals surface area contributed by atoms with Gasteiger partial charge in [-0.05, 0) is 47.5 Å². The molecular formula is C35H47BrO4Si. The van der Waals surface area contributed by atoms with Gasteiger partial charge in [0.15, 0.2) is 6.29 Å². The Balaban J connectivity index is 1.60. The van der Waals surface area contributed by atoms with Crippen molar-refractivity contribution in [1.29, 1.82) is 0 Å². The average molecular weight is 640 g/mol. The predicted molar refractivity (Wildman–Crippen MR) is 174 cm³/mol. The lowest BCUT2D eigenvalue weighted by molar-refractivity contribution is -0.154. The molecule has 0 saturated carbocycles. The largest absolute Gasteiger partial charge is 0.402 e. The molecule has 2 saturated heterocycles. The van der Waals surface area contributed by atoms with E-state index in [1.54, 1.807) is 0 Å². The zero-order valence-electron chi connectivity index (χ0n) is 25.2. The summed E-state index contributed by atoms with van der Waals surface area (Å²) in [6, 6.07) is 21.7. The Kier molecular flexibility index (Phi) is 12.3. The molecule has 0 radical (unpaired) electrons. The van der Waals surface area contributed by atoms with E-state index in [1.807, 2.05) is 0 Å². The zero-order chi connectivity index (χ0) is 29.1. The molecule has 0 amide bonds. The monoisotopic (exact) mass is 638 g/mol. The lowest BCUT2D eigenvalue weighted by Crippen LogP contribution is -2.68. The quantitative estimate of drug-likeness (QED) is 0.113. The Morgan fingerprint density at radius 3 is 2.27 bits per heavy atom. The zero-order valence-corrected chi connectivity index (χ0v) is 27.8. The maximum atomic E-state index is 7.56. The molecule has 0 spiro atoms. The van der Waals surface area contributed by atoms with Crippen LogP contribution in [0.4, 0.5) is 0 Å². The Bertz CT molecular complexity index is 1090. The maximum Gasteiger partial charge on any atom is 0.261 e. The third-order valence-corrected chi connectivity index (χ3v) is 14.1. The number of hydrogen-bond acceptors (Lipinski definition) is 4. The first-order chi connectivity index (χ1) is 19.8. The summed E-state index contributed by atoms with van der Waals surface area (Å²) in [6.07, 6.45) is 10.8. The van der Waals surface area contributed by atoms with Crippen LogP contribution in [0.2, 0.25) is 5.04 Å². The molecule has 0 aromatic heterocycles. The lowest BCUT2D eigenvalue weighted by atomic mass is 10.1. The number of ether oxygens (including phenoxy) is 3. The first kappa shape index (κ1) is 32.2. The van der Waals surface area contributed by atoms with Crippen molar-refractivity contribution in [3.63, 3.8) is 0 Å². The maximum absolute atomic E-state index is 7.56. The molecular weight excluding hydrogens is 592 g/mol. The van der Waals surface area contributed by atoms with Crippen molar-refractivity contribution in [2.75, 3.05) is 13.2 Å². The van der Waals surface area contributed by atoms with Crippen molar-refractivity contribution in [2.45, 2.75) is 107 Å². The van der Waals surface area contributed by atoms with Crippen LogP contribution in [0.15, 0.2) is 72.8 Å². The Labute approximate surface area is 257 Å². The Morgan fingerprint density at radius 2 is 1.68 bits per heavy atom. The SMILES string of the molecule is CC/C=C/C[C@H](Br)[C@@H]1C[C@H](O[Si](c2ccccc2)(c2ccccc2)C(C)(C)C)[C@@H](CC#CCOC2CCCCO2)O1. The van der Waals surface area contributed by atoms with Gasteiger partial charge in [0.1, 0.15) is 6.61 Å². The summed E-state index contributed by atoms with van der Waals surface area (Å²) in [5.74, 6) is 6.59. The second-order valence-electron chi connectivity index (χ2n) is 12.1. The average Bonchev–Trinajstić information content (AvgIpc) is 3.39. The van der Waals surface area contributed by atoms with Crippen LogP contribution in [0.25, 0.3) is 0 Å². The summed E-state index contributed by atoms with van der Waals surface area (Å²) in [7, 11) is -2.73. The van der Waals surface area contributed by atoms with E-state index in [2.05, 4.69) is 128 Å². The number of rotatable bonds is 11. The first-order valence-electron chi connectivity index (χ1n) is 15.3. The number of benzene rings is 2. The predicted octanol–water partition coefficient (Wildman–Crippen LogP) is 7.15. The van der Waals surface area contributed by atoms with Crippen LogP contribution in [0, 0.1) is 11.8 Å². The van der Waals surface area contributed by atoms with E-state index >= 15 is 0 Å². The molecule has 0 bridgehead atoms. The van der Waals surface area contributed by atoms with Crippen LogP contribution in [0.1, 0.15) is 72.6 Å². The Hall–Kier alpha value is -1.72. The van der Waals surface area contributed by atoms with Crippen LogP contribution in [-0.4, -0.2) is 51.0 Å². The van der Waals surface area contributed by atoms with Gasteiger partial charge in [-0.3, -0.25) is 0 Å². The smallest absolute Gasteiger partial charge is 0.261 e. The molecule has 5 atom stereocenters. The molecule has 2 aromatic carbocycles. The molecule has 2 fully saturated rings. The highest BCUT2D eigenvalue weighted by molar-refractivity contribution is 9.09. The normalized spacial score (nSPS) is 24.2. The van der Waals surface area contributed by atoms with Gasteiger partial charge >= 0.3 is 0 Å². The van der Waals surface area contributed by atoms with E-state index in [0.29, 0.717) is 13.0 Å². The van der Waals surface area contributed by atoms with Crippen LogP contribution in [-0.2, 0) is 18.6 Å². The minimum atomic E-state index is -2.73. The third kappa shape index (κ3) is 8.44. The highest BCUT2D eigenvalue weighted by Crippen LogP contribution is 2.41. The van der Waals surface area contributed by atoms with Crippen molar-refractivity contribution < 1.29 is 18.6 Å². The molecule has 41 heavy (non-hydrogen) atoms. The van der Waals surface area contributed by atoms with Gasteiger partial charge < -0.3 is 18.6 Å². The summed E-state index contributed by atoms with van der Waals surface area (Å²) >= 11 is 3.95. The van der Waals surface area contributed by atoms with E-state index in [4.69, 9.17) is 18.6 Å². The van der Waals surface area contributed by atoms with Gasteiger partial charge in [0.05, 0.1) is 18.3 Å². The second kappa shape index (κ2) is 15.7. The lowest BCUT2D eigenvalue weighted by Gasteiger charge is -2.45. The fourth-order valence-corrected chi connectivity index (χ4v) is 11.2. The molecule has 0 N–H and O–H groups in total. The molecule has 2 heterocycles. The van der Waals surface area contributed by atoms with Crippen LogP contribution in [0.3, 0.4) is 0 Å². The van der Waals surface area contributed by atoms with Crippen molar-refractivity contribution in [3.8, 4) is 11.8 Å². The molecule has 6 heteroatoms. The number of halogens is 1. The summed E-state index contributed by atoms with van der Waals surface area (Å²) in [6.45, 7) is 10.3. The van der Waals surface area contributed by atoms with E-state index in [0.717, 1.165) is 45.1 Å². The first-order valence-corrected chi connectivity index (χ1v) is 18.1. The summed E-state index contributed by atoms with van der Waals surface area (Å²) in [5.41, 5.74) is 0. The fourth-order valence-electron chi connectivity index (χ4n) is 5.95. The van der Waals surface area contributed by atoms with Gasteiger partial charge in [-0.25, -0.2) is 0 Å². The molecule has 0 aliphatic carbocycles. The van der Waals surface area contributed by atoms with Crippen molar-refractivity contribution >= 4 is 34.6 Å². The van der Waals surface area contributed by atoms with E-state index < -0.39 is 8.32 Å². The fraction of sp³-hybridized carbons (Fsp3) is 0.543. The van der Waals surface area contributed by atoms with E-state index in [1.165, 1.54) is 10.4 Å². The number of allylic oxidation sites excluding steroid dienone is 2. The topological polar surface area (TPSA) is 36.9 Å². The van der Waals surface area contributed by atoms with E-state index in [-0.39, 0.29) is 34.5 Å². The highest BCUT2D eigenvalue weighted by Gasteiger charge is 2.53. The molecule has 222 valence electrons. The van der Waals surface area contributed by atoms with Gasteiger partial charge in [0, 0.05) is 24.3 Å². The van der Waals surface area contributed by atoms with Crippen molar-refractivity contribution in [3.05, 3.63) is 72.8 Å². The minimum absolute atomic E-state index is 0.0541. The van der Waals surface area contributed by atoms with Crippen LogP contribution in [0.5, 0.6) is 0 Å². The minimum Gasteiger partial charge on any atom is -0.402 e. The molecule has 4 rings (SSSR count). The summed E-state index contributed by atoms with van der Waals surface area (Å²) in [4.78, 5) is 0.222. The standard InChI is InChI=1S/C35H47BrO4Si/c1-5-6-9-22-30(36)32-27-33(31(39-32)23-14-16-25-37-34-24-15-17-26-38-34)40-41(35(2,3)4,28-18-10-7-11-19-28)29-20-12-8-13-21-29/h6-13,18-21,30-34H,5,15,17,22-27H2,1-4H3/b9-6+/t30-,31+,32-,33-,34?/m0/s1. The third-order valence-electron chi connectivity index (χ3n) is 8.05. The molecule has 4 nitrogen and oxygen atoms in total. The molecule has 2 aliphatic rings. The van der Waals surface area contributed by atoms with Gasteiger partial charge in [0.2, 0.25) is 0 Å². The van der Waals surface area contributed by atoms with Crippen LogP contribution < -0.4 is 10.4 Å². The number of hydrogen-bond donors (Lipinski definition) is 0. The number of alkyl halides is 1. The van der Waals surface area contributed by atoms with E-state index in [9.17, 15) is 0 Å². The van der Waals surface area contributed by atoms with Crippen molar-refractivity contribution in [1.82, 2.24) is 0 Å². The Morgan fingerprint density at radius 1 is 1.00 bits per heavy atom. The van der Waals surface area contributed by atoms with Gasteiger partial charge in [-0.1, -0.05) is 128 Å². The highest BCUT2D eigenvalue weighted by atomic mass is 79.9.